The fraction of sp³-hybridized carbons (Fsp3) is 0.750. The highest BCUT2D eigenvalue weighted by molar-refractivity contribution is 7.05. The molecule has 0 atom stereocenters. The molecule has 60 valence electrons. The van der Waals surface area contributed by atoms with Gasteiger partial charge in [0.2, 0.25) is 0 Å². The minimum atomic E-state index is 0.602. The molecule has 1 aliphatic carbocycles. The molecule has 1 saturated carbocycles. The van der Waals surface area contributed by atoms with E-state index in [1.807, 2.05) is 0 Å². The first-order valence-corrected chi connectivity index (χ1v) is 4.88. The first-order valence-electron chi connectivity index (χ1n) is 4.11. The fourth-order valence-corrected chi connectivity index (χ4v) is 1.97. The molecule has 0 aliphatic heterocycles. The van der Waals surface area contributed by atoms with Gasteiger partial charge in [0.25, 0.3) is 0 Å². The molecule has 11 heavy (non-hydrogen) atoms. The van der Waals surface area contributed by atoms with Gasteiger partial charge >= 0.3 is 0 Å². The van der Waals surface area contributed by atoms with Crippen LogP contribution in [-0.4, -0.2) is 9.59 Å². The number of hydrogen-bond donors (Lipinski definition) is 0. The molecule has 2 nitrogen and oxygen atoms in total. The Morgan fingerprint density at radius 3 is 2.73 bits per heavy atom. The molecule has 1 fully saturated rings. The van der Waals surface area contributed by atoms with Crippen molar-refractivity contribution in [1.82, 2.24) is 9.59 Å². The third-order valence-electron chi connectivity index (χ3n) is 2.03. The van der Waals surface area contributed by atoms with Crippen molar-refractivity contribution in [3.8, 4) is 0 Å². The Bertz CT molecular complexity index is 234. The van der Waals surface area contributed by atoms with E-state index in [0.29, 0.717) is 5.92 Å². The summed E-state index contributed by atoms with van der Waals surface area (Å²) in [6.45, 7) is 4.42. The standard InChI is InChI=1S/C8H12N2S/c1-5(2)8-7(6-3-4-6)9-10-11-8/h5-6H,3-4H2,1-2H3. The average molecular weight is 168 g/mol. The quantitative estimate of drug-likeness (QED) is 0.678. The summed E-state index contributed by atoms with van der Waals surface area (Å²) in [5, 5.41) is 4.17. The number of nitrogens with zero attached hydrogens (tertiary/aromatic N) is 2. The molecule has 0 bridgehead atoms. The summed E-state index contributed by atoms with van der Waals surface area (Å²) in [6, 6.07) is 0. The predicted octanol–water partition coefficient (Wildman–Crippen LogP) is 2.54. The monoisotopic (exact) mass is 168 g/mol. The summed E-state index contributed by atoms with van der Waals surface area (Å²) < 4.78 is 4.00. The number of aromatic nitrogens is 2. The normalized spacial score (nSPS) is 17.7. The Hall–Kier alpha value is -0.440. The smallest absolute Gasteiger partial charge is 0.0821 e. The van der Waals surface area contributed by atoms with Crippen LogP contribution < -0.4 is 0 Å². The van der Waals surface area contributed by atoms with Crippen LogP contribution in [-0.2, 0) is 0 Å². The highest BCUT2D eigenvalue weighted by Crippen LogP contribution is 2.42. The molecular formula is C8H12N2S. The van der Waals surface area contributed by atoms with E-state index in [1.165, 1.54) is 23.4 Å². The molecule has 0 amide bonds. The van der Waals surface area contributed by atoms with Crippen molar-refractivity contribution in [3.63, 3.8) is 0 Å². The van der Waals surface area contributed by atoms with E-state index in [2.05, 4.69) is 23.4 Å². The van der Waals surface area contributed by atoms with Crippen molar-refractivity contribution in [3.05, 3.63) is 10.6 Å². The summed E-state index contributed by atoms with van der Waals surface area (Å²) in [5.41, 5.74) is 1.28. The first-order chi connectivity index (χ1) is 5.29. The molecule has 0 aromatic carbocycles. The van der Waals surface area contributed by atoms with Crippen LogP contribution >= 0.6 is 11.5 Å². The molecule has 1 aromatic heterocycles. The molecular weight excluding hydrogens is 156 g/mol. The minimum Gasteiger partial charge on any atom is -0.143 e. The Balaban J connectivity index is 2.30. The average Bonchev–Trinajstić information content (AvgIpc) is 2.68. The number of rotatable bonds is 2. The van der Waals surface area contributed by atoms with E-state index < -0.39 is 0 Å². The molecule has 2 rings (SSSR count). The maximum atomic E-state index is 4.17. The summed E-state index contributed by atoms with van der Waals surface area (Å²) in [5.74, 6) is 1.36. The molecule has 1 aromatic rings. The fourth-order valence-electron chi connectivity index (χ4n) is 1.25. The molecule has 0 unspecified atom stereocenters. The van der Waals surface area contributed by atoms with Crippen LogP contribution in [0.1, 0.15) is 49.1 Å². The molecule has 0 spiro atoms. The second-order valence-electron chi connectivity index (χ2n) is 3.45. The lowest BCUT2D eigenvalue weighted by Gasteiger charge is -2.00. The zero-order valence-corrected chi connectivity index (χ0v) is 7.69. The van der Waals surface area contributed by atoms with Gasteiger partial charge in [-0.2, -0.15) is 0 Å². The number of hydrogen-bond acceptors (Lipinski definition) is 3. The SMILES string of the molecule is CC(C)c1snnc1C1CC1. The van der Waals surface area contributed by atoms with E-state index in [4.69, 9.17) is 0 Å². The second kappa shape index (κ2) is 2.55. The van der Waals surface area contributed by atoms with Crippen LogP contribution in [0.25, 0.3) is 0 Å². The highest BCUT2D eigenvalue weighted by Gasteiger charge is 2.29. The van der Waals surface area contributed by atoms with E-state index in [9.17, 15) is 0 Å². The zero-order valence-electron chi connectivity index (χ0n) is 6.87. The maximum absolute atomic E-state index is 4.17. The molecule has 0 saturated heterocycles. The molecule has 3 heteroatoms. The Morgan fingerprint density at radius 2 is 2.18 bits per heavy atom. The minimum absolute atomic E-state index is 0.602. The zero-order chi connectivity index (χ0) is 7.84. The second-order valence-corrected chi connectivity index (χ2v) is 4.24. The van der Waals surface area contributed by atoms with Crippen molar-refractivity contribution in [2.24, 2.45) is 0 Å². The summed E-state index contributed by atoms with van der Waals surface area (Å²) in [7, 11) is 0. The molecule has 0 N–H and O–H groups in total. The van der Waals surface area contributed by atoms with Gasteiger partial charge in [-0.1, -0.05) is 18.3 Å². The third-order valence-corrected chi connectivity index (χ3v) is 3.07. The van der Waals surface area contributed by atoms with Crippen LogP contribution in [0.2, 0.25) is 0 Å². The van der Waals surface area contributed by atoms with Crippen molar-refractivity contribution >= 4 is 11.5 Å². The van der Waals surface area contributed by atoms with Gasteiger partial charge in [0.1, 0.15) is 0 Å². The predicted molar refractivity (Wildman–Crippen MR) is 46.0 cm³/mol. The van der Waals surface area contributed by atoms with Crippen LogP contribution in [0.4, 0.5) is 0 Å². The van der Waals surface area contributed by atoms with Gasteiger partial charge < -0.3 is 0 Å². The lowest BCUT2D eigenvalue weighted by atomic mass is 10.1. The summed E-state index contributed by atoms with van der Waals surface area (Å²) in [4.78, 5) is 1.40. The third kappa shape index (κ3) is 1.29. The van der Waals surface area contributed by atoms with Gasteiger partial charge in [0, 0.05) is 5.92 Å². The lowest BCUT2D eigenvalue weighted by Crippen LogP contribution is -1.89. The summed E-state index contributed by atoms with van der Waals surface area (Å²) in [6.07, 6.45) is 2.65. The van der Waals surface area contributed by atoms with Gasteiger partial charge in [-0.05, 0) is 30.3 Å². The molecule has 0 radical (unpaired) electrons. The van der Waals surface area contributed by atoms with Crippen LogP contribution in [0.15, 0.2) is 0 Å². The van der Waals surface area contributed by atoms with E-state index in [1.54, 1.807) is 11.5 Å². The van der Waals surface area contributed by atoms with Gasteiger partial charge in [-0.25, -0.2) is 0 Å². The van der Waals surface area contributed by atoms with Crippen molar-refractivity contribution < 1.29 is 0 Å². The topological polar surface area (TPSA) is 25.8 Å². The molecule has 1 heterocycles. The molecule has 1 aliphatic rings. The van der Waals surface area contributed by atoms with Gasteiger partial charge in [-0.3, -0.25) is 0 Å². The van der Waals surface area contributed by atoms with E-state index >= 15 is 0 Å². The van der Waals surface area contributed by atoms with Crippen LogP contribution in [0, 0.1) is 0 Å². The van der Waals surface area contributed by atoms with Crippen molar-refractivity contribution in [1.29, 1.82) is 0 Å². The maximum Gasteiger partial charge on any atom is 0.0821 e. The van der Waals surface area contributed by atoms with Crippen molar-refractivity contribution in [2.45, 2.75) is 38.5 Å². The summed E-state index contributed by atoms with van der Waals surface area (Å²) >= 11 is 1.56. The van der Waals surface area contributed by atoms with Crippen molar-refractivity contribution in [2.75, 3.05) is 0 Å². The van der Waals surface area contributed by atoms with Crippen LogP contribution in [0.5, 0.6) is 0 Å². The van der Waals surface area contributed by atoms with E-state index in [0.717, 1.165) is 5.92 Å². The Morgan fingerprint density at radius 1 is 1.45 bits per heavy atom. The highest BCUT2D eigenvalue weighted by atomic mass is 32.1. The lowest BCUT2D eigenvalue weighted by molar-refractivity contribution is 0.845. The van der Waals surface area contributed by atoms with Gasteiger partial charge in [0.05, 0.1) is 10.6 Å². The Kier molecular flexibility index (Phi) is 1.68. The Labute approximate surface area is 70.8 Å². The largest absolute Gasteiger partial charge is 0.143 e. The van der Waals surface area contributed by atoms with Gasteiger partial charge in [0.15, 0.2) is 0 Å². The van der Waals surface area contributed by atoms with Gasteiger partial charge in [-0.15, -0.1) is 5.10 Å². The first kappa shape index (κ1) is 7.22. The van der Waals surface area contributed by atoms with E-state index in [-0.39, 0.29) is 0 Å². The van der Waals surface area contributed by atoms with Crippen LogP contribution in [0.3, 0.4) is 0 Å².